The van der Waals surface area contributed by atoms with Crippen LogP contribution in [0.4, 0.5) is 13.2 Å². The number of halogens is 3. The van der Waals surface area contributed by atoms with Crippen LogP contribution >= 0.6 is 0 Å². The fourth-order valence-corrected chi connectivity index (χ4v) is 3.70. The number of hydrogen-bond donors (Lipinski definition) is 1. The third-order valence-corrected chi connectivity index (χ3v) is 5.51. The lowest BCUT2D eigenvalue weighted by Crippen LogP contribution is -2.34. The molecule has 1 aromatic heterocycles. The molecule has 7 nitrogen and oxygen atoms in total. The number of oxazole rings is 1. The quantitative estimate of drug-likeness (QED) is 0.521. The molecule has 1 heterocycles. The van der Waals surface area contributed by atoms with Gasteiger partial charge in [0.15, 0.2) is 6.10 Å². The van der Waals surface area contributed by atoms with E-state index in [0.29, 0.717) is 30.0 Å². The van der Waals surface area contributed by atoms with Gasteiger partial charge in [-0.15, -0.1) is 0 Å². The van der Waals surface area contributed by atoms with Crippen LogP contribution in [0.5, 0.6) is 0 Å². The first kappa shape index (κ1) is 25.2. The summed E-state index contributed by atoms with van der Waals surface area (Å²) in [5, 5.41) is 9.16. The van der Waals surface area contributed by atoms with Gasteiger partial charge >= 0.3 is 12.1 Å². The van der Waals surface area contributed by atoms with Crippen LogP contribution in [0.25, 0.3) is 11.5 Å². The minimum absolute atomic E-state index is 0.0144. The average molecular weight is 471 g/mol. The zero-order valence-electron chi connectivity index (χ0n) is 18.6. The molecule has 0 spiro atoms. The molecular formula is C23H28F3NO6. The Bertz CT molecular complexity index is 912. The van der Waals surface area contributed by atoms with E-state index in [1.807, 2.05) is 0 Å². The van der Waals surface area contributed by atoms with E-state index in [1.54, 1.807) is 13.8 Å². The first-order chi connectivity index (χ1) is 15.7. The summed E-state index contributed by atoms with van der Waals surface area (Å²) in [5.41, 5.74) is 0.295. The summed E-state index contributed by atoms with van der Waals surface area (Å²) < 4.78 is 60.8. The number of ether oxygens (including phenoxy) is 3. The van der Waals surface area contributed by atoms with Crippen molar-refractivity contribution in [2.45, 2.75) is 70.6 Å². The number of hydrogen-bond acceptors (Lipinski definition) is 6. The first-order valence-corrected chi connectivity index (χ1v) is 10.9. The lowest BCUT2D eigenvalue weighted by molar-refractivity contribution is -0.157. The van der Waals surface area contributed by atoms with Crippen LogP contribution in [0.2, 0.25) is 0 Å². The molecule has 0 amide bonds. The van der Waals surface area contributed by atoms with Crippen LogP contribution in [0.1, 0.15) is 49.6 Å². The van der Waals surface area contributed by atoms with Crippen molar-refractivity contribution < 1.29 is 41.7 Å². The second kappa shape index (κ2) is 11.1. The average Bonchev–Trinajstić information content (AvgIpc) is 3.15. The molecule has 182 valence electrons. The normalized spacial score (nSPS) is 20.0. The largest absolute Gasteiger partial charge is 0.479 e. The van der Waals surface area contributed by atoms with Crippen molar-refractivity contribution in [3.8, 4) is 11.5 Å². The second-order valence-electron chi connectivity index (χ2n) is 7.93. The summed E-state index contributed by atoms with van der Waals surface area (Å²) in [6, 6.07) is 4.64. The predicted octanol–water partition coefficient (Wildman–Crippen LogP) is 5.00. The summed E-state index contributed by atoms with van der Waals surface area (Å²) >= 11 is 0. The van der Waals surface area contributed by atoms with Gasteiger partial charge in [0.05, 0.1) is 31.0 Å². The van der Waals surface area contributed by atoms with E-state index in [-0.39, 0.29) is 31.3 Å². The fraction of sp³-hybridized carbons (Fsp3) is 0.565. The zero-order chi connectivity index (χ0) is 24.0. The van der Waals surface area contributed by atoms with Gasteiger partial charge in [0.25, 0.3) is 0 Å². The Balaban J connectivity index is 1.53. The predicted molar refractivity (Wildman–Crippen MR) is 112 cm³/mol. The SMILES string of the molecule is CCOC(COC1CCCC(OCc2nc(-c3ccc(C(F)(F)F)cc3)oc2C)C1)C(=O)O. The molecule has 1 aromatic carbocycles. The summed E-state index contributed by atoms with van der Waals surface area (Å²) in [6.07, 6.45) is -2.41. The van der Waals surface area contributed by atoms with E-state index in [9.17, 15) is 18.0 Å². The van der Waals surface area contributed by atoms with Gasteiger partial charge in [-0.05, 0) is 63.8 Å². The van der Waals surface area contributed by atoms with Crippen molar-refractivity contribution in [2.75, 3.05) is 13.2 Å². The molecule has 3 unspecified atom stereocenters. The molecule has 1 fully saturated rings. The van der Waals surface area contributed by atoms with Crippen molar-refractivity contribution in [3.05, 3.63) is 41.3 Å². The molecule has 0 aliphatic heterocycles. The fourth-order valence-electron chi connectivity index (χ4n) is 3.70. The topological polar surface area (TPSA) is 91.0 Å². The molecule has 1 N–H and O–H groups in total. The smallest absolute Gasteiger partial charge is 0.416 e. The molecule has 10 heteroatoms. The standard InChI is InChI=1S/C23H28F3NO6/c1-3-30-20(22(28)29)13-32-18-6-4-5-17(11-18)31-12-19-14(2)33-21(27-19)15-7-9-16(10-8-15)23(24,25)26/h7-10,17-18,20H,3-6,11-13H2,1-2H3,(H,28,29). The van der Waals surface area contributed by atoms with Crippen molar-refractivity contribution in [2.24, 2.45) is 0 Å². The third kappa shape index (κ3) is 7.02. The number of aliphatic carboxylic acids is 1. The van der Waals surface area contributed by atoms with Crippen molar-refractivity contribution >= 4 is 5.97 Å². The lowest BCUT2D eigenvalue weighted by atomic mass is 9.95. The monoisotopic (exact) mass is 471 g/mol. The van der Waals surface area contributed by atoms with Gasteiger partial charge in [0.1, 0.15) is 11.5 Å². The first-order valence-electron chi connectivity index (χ1n) is 10.9. The maximum Gasteiger partial charge on any atom is 0.416 e. The molecule has 3 rings (SSSR count). The van der Waals surface area contributed by atoms with Gasteiger partial charge in [0.2, 0.25) is 5.89 Å². The van der Waals surface area contributed by atoms with E-state index in [2.05, 4.69) is 4.98 Å². The number of carboxylic acids is 1. The van der Waals surface area contributed by atoms with Crippen LogP contribution in [0, 0.1) is 6.92 Å². The summed E-state index contributed by atoms with van der Waals surface area (Å²) in [4.78, 5) is 15.6. The molecule has 33 heavy (non-hydrogen) atoms. The number of carboxylic acid groups (broad SMARTS) is 1. The number of benzene rings is 1. The summed E-state index contributed by atoms with van der Waals surface area (Å²) in [7, 11) is 0. The Morgan fingerprint density at radius 1 is 1.21 bits per heavy atom. The Morgan fingerprint density at radius 3 is 2.48 bits per heavy atom. The summed E-state index contributed by atoms with van der Waals surface area (Å²) in [5.74, 6) is -0.277. The number of carbonyl (C=O) groups is 1. The molecule has 1 aliphatic rings. The van der Waals surface area contributed by atoms with E-state index in [1.165, 1.54) is 12.1 Å². The number of nitrogens with zero attached hydrogens (tertiary/aromatic N) is 1. The van der Waals surface area contributed by atoms with E-state index >= 15 is 0 Å². The molecule has 0 bridgehead atoms. The van der Waals surface area contributed by atoms with Gasteiger partial charge in [-0.2, -0.15) is 13.2 Å². The lowest BCUT2D eigenvalue weighted by Gasteiger charge is -2.29. The molecule has 1 aliphatic carbocycles. The molecule has 0 saturated heterocycles. The van der Waals surface area contributed by atoms with Crippen LogP contribution in [0.3, 0.4) is 0 Å². The Hall–Kier alpha value is -2.43. The number of aromatic nitrogens is 1. The maximum atomic E-state index is 12.8. The molecular weight excluding hydrogens is 443 g/mol. The second-order valence-corrected chi connectivity index (χ2v) is 7.93. The molecule has 3 atom stereocenters. The van der Waals surface area contributed by atoms with Gasteiger partial charge < -0.3 is 23.7 Å². The Morgan fingerprint density at radius 2 is 1.88 bits per heavy atom. The van der Waals surface area contributed by atoms with Gasteiger partial charge in [-0.25, -0.2) is 9.78 Å². The number of aryl methyl sites for hydroxylation is 1. The van der Waals surface area contributed by atoms with Crippen molar-refractivity contribution in [3.63, 3.8) is 0 Å². The van der Waals surface area contributed by atoms with Gasteiger partial charge in [-0.3, -0.25) is 0 Å². The van der Waals surface area contributed by atoms with Crippen LogP contribution in [-0.4, -0.2) is 47.6 Å². The van der Waals surface area contributed by atoms with E-state index < -0.39 is 23.8 Å². The minimum atomic E-state index is -4.40. The Kier molecular flexibility index (Phi) is 8.50. The van der Waals surface area contributed by atoms with Gasteiger partial charge in [0, 0.05) is 12.2 Å². The highest BCUT2D eigenvalue weighted by Gasteiger charge is 2.30. The highest BCUT2D eigenvalue weighted by Crippen LogP contribution is 2.31. The summed E-state index contributed by atoms with van der Waals surface area (Å²) in [6.45, 7) is 3.94. The molecule has 0 radical (unpaired) electrons. The highest BCUT2D eigenvalue weighted by molar-refractivity contribution is 5.72. The minimum Gasteiger partial charge on any atom is -0.479 e. The van der Waals surface area contributed by atoms with Crippen molar-refractivity contribution in [1.82, 2.24) is 4.98 Å². The number of alkyl halides is 3. The number of rotatable bonds is 10. The van der Waals surface area contributed by atoms with Crippen LogP contribution in [0.15, 0.2) is 28.7 Å². The van der Waals surface area contributed by atoms with E-state index in [4.69, 9.17) is 23.7 Å². The molecule has 2 aromatic rings. The van der Waals surface area contributed by atoms with Crippen LogP contribution in [-0.2, 0) is 31.8 Å². The van der Waals surface area contributed by atoms with Crippen LogP contribution < -0.4 is 0 Å². The van der Waals surface area contributed by atoms with Crippen molar-refractivity contribution in [1.29, 1.82) is 0 Å². The Labute approximate surface area is 189 Å². The zero-order valence-corrected chi connectivity index (χ0v) is 18.6. The molecule has 1 saturated carbocycles. The third-order valence-electron chi connectivity index (χ3n) is 5.51. The highest BCUT2D eigenvalue weighted by atomic mass is 19.4. The van der Waals surface area contributed by atoms with Gasteiger partial charge in [-0.1, -0.05) is 0 Å². The maximum absolute atomic E-state index is 12.8. The van der Waals surface area contributed by atoms with E-state index in [0.717, 1.165) is 31.4 Å².